The van der Waals surface area contributed by atoms with E-state index in [2.05, 4.69) is 25.8 Å². The zero-order chi connectivity index (χ0) is 17.9. The van der Waals surface area contributed by atoms with Gasteiger partial charge in [0.15, 0.2) is 5.82 Å². The van der Waals surface area contributed by atoms with Crippen molar-refractivity contribution in [2.24, 2.45) is 0 Å². The average molecular weight is 349 g/mol. The molecule has 0 fully saturated rings. The van der Waals surface area contributed by atoms with Gasteiger partial charge in [-0.1, -0.05) is 6.07 Å². The minimum Gasteiger partial charge on any atom is -0.339 e. The van der Waals surface area contributed by atoms with Gasteiger partial charge in [0, 0.05) is 11.4 Å². The zero-order valence-electron chi connectivity index (χ0n) is 12.5. The van der Waals surface area contributed by atoms with Crippen molar-refractivity contribution in [2.45, 2.75) is 6.18 Å². The van der Waals surface area contributed by atoms with Gasteiger partial charge in [-0.25, -0.2) is 4.39 Å². The van der Waals surface area contributed by atoms with Crippen LogP contribution in [0, 0.1) is 5.82 Å². The summed E-state index contributed by atoms with van der Waals surface area (Å²) < 4.78 is 51.1. The normalized spacial score (nSPS) is 11.2. The van der Waals surface area contributed by atoms with Crippen molar-refractivity contribution < 1.29 is 17.6 Å². The highest BCUT2D eigenvalue weighted by molar-refractivity contribution is 5.59. The highest BCUT2D eigenvalue weighted by Gasteiger charge is 2.30. The van der Waals surface area contributed by atoms with E-state index in [0.717, 1.165) is 12.1 Å². The Hall–Kier alpha value is -3.23. The molecule has 0 amide bonds. The fourth-order valence-corrected chi connectivity index (χ4v) is 2.00. The lowest BCUT2D eigenvalue weighted by molar-refractivity contribution is -0.137. The van der Waals surface area contributed by atoms with Crippen molar-refractivity contribution in [3.8, 4) is 0 Å². The van der Waals surface area contributed by atoms with Gasteiger partial charge in [-0.15, -0.1) is 5.10 Å². The Labute approximate surface area is 139 Å². The van der Waals surface area contributed by atoms with Crippen LogP contribution in [-0.4, -0.2) is 15.2 Å². The summed E-state index contributed by atoms with van der Waals surface area (Å²) in [6.07, 6.45) is -3.16. The van der Waals surface area contributed by atoms with Crippen LogP contribution in [0.2, 0.25) is 0 Å². The van der Waals surface area contributed by atoms with Gasteiger partial charge in [0.2, 0.25) is 5.95 Å². The van der Waals surface area contributed by atoms with E-state index < -0.39 is 11.7 Å². The average Bonchev–Trinajstić information content (AvgIpc) is 2.57. The maximum Gasteiger partial charge on any atom is 0.416 e. The Kier molecular flexibility index (Phi) is 4.46. The fourth-order valence-electron chi connectivity index (χ4n) is 2.00. The van der Waals surface area contributed by atoms with Crippen LogP contribution in [-0.2, 0) is 6.18 Å². The van der Waals surface area contributed by atoms with Crippen LogP contribution in [0.3, 0.4) is 0 Å². The molecular formula is C16H11F4N5. The monoisotopic (exact) mass is 349 g/mol. The van der Waals surface area contributed by atoms with E-state index in [-0.39, 0.29) is 23.3 Å². The molecular weight excluding hydrogens is 338 g/mol. The summed E-state index contributed by atoms with van der Waals surface area (Å²) in [5.74, 6) is -0.0629. The summed E-state index contributed by atoms with van der Waals surface area (Å²) in [6.45, 7) is 0. The van der Waals surface area contributed by atoms with Gasteiger partial charge >= 0.3 is 6.18 Å². The van der Waals surface area contributed by atoms with Crippen molar-refractivity contribution in [1.82, 2.24) is 15.2 Å². The fraction of sp³-hybridized carbons (Fsp3) is 0.0625. The molecule has 9 heteroatoms. The molecule has 2 N–H and O–H groups in total. The quantitative estimate of drug-likeness (QED) is 0.678. The number of hydrogen-bond donors (Lipinski definition) is 2. The molecule has 0 atom stereocenters. The minimum absolute atomic E-state index is 0.114. The smallest absolute Gasteiger partial charge is 0.339 e. The molecule has 0 aliphatic heterocycles. The second-order valence-corrected chi connectivity index (χ2v) is 5.00. The predicted octanol–water partition coefficient (Wildman–Crippen LogP) is 4.52. The molecule has 25 heavy (non-hydrogen) atoms. The van der Waals surface area contributed by atoms with E-state index in [9.17, 15) is 17.6 Å². The summed E-state index contributed by atoms with van der Waals surface area (Å²) in [7, 11) is 0. The number of rotatable bonds is 4. The molecule has 0 aliphatic carbocycles. The Bertz CT molecular complexity index is 865. The standard InChI is InChI=1S/C16H11F4N5/c17-11-4-6-12(7-5-11)23-15-24-14(9-21-25-15)22-13-3-1-2-10(8-13)16(18,19)20/h1-9H,(H2,22,23,24,25). The van der Waals surface area contributed by atoms with Gasteiger partial charge in [0.05, 0.1) is 11.8 Å². The summed E-state index contributed by atoms with van der Waals surface area (Å²) >= 11 is 0. The number of aromatic nitrogens is 3. The lowest BCUT2D eigenvalue weighted by Gasteiger charge is -2.10. The maximum atomic E-state index is 12.9. The van der Waals surface area contributed by atoms with Crippen LogP contribution in [0.4, 0.5) is 40.7 Å². The van der Waals surface area contributed by atoms with Crippen molar-refractivity contribution in [1.29, 1.82) is 0 Å². The number of benzene rings is 2. The van der Waals surface area contributed by atoms with Gasteiger partial charge in [-0.2, -0.15) is 23.3 Å². The SMILES string of the molecule is Fc1ccc(Nc2nncc(Nc3cccc(C(F)(F)F)c3)n2)cc1. The van der Waals surface area contributed by atoms with Crippen LogP contribution >= 0.6 is 0 Å². The highest BCUT2D eigenvalue weighted by atomic mass is 19.4. The van der Waals surface area contributed by atoms with Gasteiger partial charge in [0.1, 0.15) is 5.82 Å². The van der Waals surface area contributed by atoms with E-state index in [1.165, 1.54) is 42.6 Å². The van der Waals surface area contributed by atoms with E-state index in [1.807, 2.05) is 0 Å². The third-order valence-electron chi connectivity index (χ3n) is 3.12. The molecule has 0 spiro atoms. The highest BCUT2D eigenvalue weighted by Crippen LogP contribution is 2.31. The van der Waals surface area contributed by atoms with Gasteiger partial charge in [0.25, 0.3) is 0 Å². The van der Waals surface area contributed by atoms with Crippen molar-refractivity contribution in [3.63, 3.8) is 0 Å². The first-order valence-electron chi connectivity index (χ1n) is 7.07. The zero-order valence-corrected chi connectivity index (χ0v) is 12.5. The molecule has 3 rings (SSSR count). The summed E-state index contributed by atoms with van der Waals surface area (Å²) in [5.41, 5.74) is -0.0216. The van der Waals surface area contributed by atoms with Crippen LogP contribution < -0.4 is 10.6 Å². The first-order valence-corrected chi connectivity index (χ1v) is 7.07. The van der Waals surface area contributed by atoms with E-state index in [1.54, 1.807) is 0 Å². The molecule has 1 heterocycles. The van der Waals surface area contributed by atoms with Gasteiger partial charge < -0.3 is 10.6 Å². The van der Waals surface area contributed by atoms with Crippen molar-refractivity contribution in [3.05, 3.63) is 66.1 Å². The number of hydrogen-bond acceptors (Lipinski definition) is 5. The van der Waals surface area contributed by atoms with Crippen LogP contribution in [0.15, 0.2) is 54.7 Å². The lowest BCUT2D eigenvalue weighted by Crippen LogP contribution is -2.06. The van der Waals surface area contributed by atoms with Crippen molar-refractivity contribution in [2.75, 3.05) is 10.6 Å². The number of nitrogens with one attached hydrogen (secondary N) is 2. The summed E-state index contributed by atoms with van der Waals surface area (Å²) in [5, 5.41) is 13.1. The Morgan fingerprint density at radius 3 is 2.36 bits per heavy atom. The first kappa shape index (κ1) is 16.6. The van der Waals surface area contributed by atoms with Crippen LogP contribution in [0.5, 0.6) is 0 Å². The number of anilines is 4. The van der Waals surface area contributed by atoms with E-state index >= 15 is 0 Å². The molecule has 0 bridgehead atoms. The number of alkyl halides is 3. The minimum atomic E-state index is -4.43. The Balaban J connectivity index is 1.77. The van der Waals surface area contributed by atoms with E-state index in [0.29, 0.717) is 5.69 Å². The van der Waals surface area contributed by atoms with E-state index in [4.69, 9.17) is 0 Å². The predicted molar refractivity (Wildman–Crippen MR) is 84.2 cm³/mol. The number of halogens is 4. The molecule has 0 radical (unpaired) electrons. The second kappa shape index (κ2) is 6.71. The third kappa shape index (κ3) is 4.40. The molecule has 2 aromatic carbocycles. The topological polar surface area (TPSA) is 62.7 Å². The van der Waals surface area contributed by atoms with Crippen LogP contribution in [0.25, 0.3) is 0 Å². The molecule has 3 aromatic rings. The maximum absolute atomic E-state index is 12.9. The van der Waals surface area contributed by atoms with Crippen LogP contribution in [0.1, 0.15) is 5.56 Å². The molecule has 5 nitrogen and oxygen atoms in total. The Morgan fingerprint density at radius 1 is 0.880 bits per heavy atom. The second-order valence-electron chi connectivity index (χ2n) is 5.00. The molecule has 1 aromatic heterocycles. The summed E-state index contributed by atoms with van der Waals surface area (Å²) in [6, 6.07) is 10.2. The first-order chi connectivity index (χ1) is 11.9. The Morgan fingerprint density at radius 2 is 1.64 bits per heavy atom. The molecule has 0 saturated carbocycles. The molecule has 128 valence electrons. The summed E-state index contributed by atoms with van der Waals surface area (Å²) in [4.78, 5) is 4.11. The lowest BCUT2D eigenvalue weighted by atomic mass is 10.2. The van der Waals surface area contributed by atoms with Gasteiger partial charge in [-0.3, -0.25) is 0 Å². The van der Waals surface area contributed by atoms with Crippen molar-refractivity contribution >= 4 is 23.1 Å². The third-order valence-corrected chi connectivity index (χ3v) is 3.12. The largest absolute Gasteiger partial charge is 0.416 e. The van der Waals surface area contributed by atoms with Gasteiger partial charge in [-0.05, 0) is 42.5 Å². The molecule has 0 aliphatic rings. The number of nitrogens with zero attached hydrogens (tertiary/aromatic N) is 3. The molecule has 0 saturated heterocycles. The molecule has 0 unspecified atom stereocenters.